The predicted molar refractivity (Wildman–Crippen MR) is 45.3 cm³/mol. The van der Waals surface area contributed by atoms with Gasteiger partial charge in [-0.05, 0) is 19.1 Å². The SMILES string of the molecule is Cc1nn2ccccc2c1NO. The number of fused-ring (bicyclic) bond motifs is 1. The van der Waals surface area contributed by atoms with Gasteiger partial charge >= 0.3 is 0 Å². The Morgan fingerprint density at radius 3 is 3.08 bits per heavy atom. The molecule has 62 valence electrons. The Hall–Kier alpha value is -1.55. The van der Waals surface area contributed by atoms with Crippen molar-refractivity contribution in [3.8, 4) is 0 Å². The number of aryl methyl sites for hydroxylation is 1. The molecule has 0 saturated carbocycles. The van der Waals surface area contributed by atoms with Gasteiger partial charge in [0, 0.05) is 6.20 Å². The van der Waals surface area contributed by atoms with Crippen LogP contribution < -0.4 is 5.48 Å². The minimum atomic E-state index is 0.663. The van der Waals surface area contributed by atoms with Gasteiger partial charge in [0.1, 0.15) is 5.69 Å². The van der Waals surface area contributed by atoms with E-state index in [1.165, 1.54) is 0 Å². The Labute approximate surface area is 69.4 Å². The lowest BCUT2D eigenvalue weighted by Gasteiger charge is -1.94. The fourth-order valence-corrected chi connectivity index (χ4v) is 1.25. The third kappa shape index (κ3) is 0.853. The number of rotatable bonds is 1. The topological polar surface area (TPSA) is 49.6 Å². The highest BCUT2D eigenvalue weighted by Crippen LogP contribution is 2.19. The van der Waals surface area contributed by atoms with Crippen LogP contribution in [0.5, 0.6) is 0 Å². The maximum Gasteiger partial charge on any atom is 0.109 e. The van der Waals surface area contributed by atoms with Gasteiger partial charge in [0.2, 0.25) is 0 Å². The molecule has 0 saturated heterocycles. The Balaban J connectivity index is 2.81. The second-order valence-electron chi connectivity index (χ2n) is 2.60. The zero-order valence-electron chi connectivity index (χ0n) is 6.65. The molecule has 0 atom stereocenters. The van der Waals surface area contributed by atoms with Gasteiger partial charge in [-0.25, -0.2) is 4.52 Å². The lowest BCUT2D eigenvalue weighted by atomic mass is 10.3. The van der Waals surface area contributed by atoms with Crippen LogP contribution in [-0.2, 0) is 0 Å². The minimum Gasteiger partial charge on any atom is -0.291 e. The summed E-state index contributed by atoms with van der Waals surface area (Å²) in [6.45, 7) is 1.84. The van der Waals surface area contributed by atoms with E-state index in [9.17, 15) is 0 Å². The second kappa shape index (κ2) is 2.49. The van der Waals surface area contributed by atoms with Crippen molar-refractivity contribution in [3.63, 3.8) is 0 Å². The summed E-state index contributed by atoms with van der Waals surface area (Å²) in [6, 6.07) is 5.68. The van der Waals surface area contributed by atoms with E-state index in [2.05, 4.69) is 10.6 Å². The van der Waals surface area contributed by atoms with E-state index in [0.717, 1.165) is 11.2 Å². The smallest absolute Gasteiger partial charge is 0.109 e. The van der Waals surface area contributed by atoms with Crippen LogP contribution in [0.4, 0.5) is 5.69 Å². The molecule has 0 radical (unpaired) electrons. The average molecular weight is 163 g/mol. The normalized spacial score (nSPS) is 10.5. The Bertz CT molecular complexity index is 408. The van der Waals surface area contributed by atoms with Crippen molar-refractivity contribution in [1.29, 1.82) is 0 Å². The summed E-state index contributed by atoms with van der Waals surface area (Å²) in [4.78, 5) is 0. The lowest BCUT2D eigenvalue weighted by molar-refractivity contribution is 0.389. The van der Waals surface area contributed by atoms with E-state index in [4.69, 9.17) is 5.21 Å². The maximum atomic E-state index is 8.80. The van der Waals surface area contributed by atoms with Crippen LogP contribution >= 0.6 is 0 Å². The fraction of sp³-hybridized carbons (Fsp3) is 0.125. The molecule has 0 aromatic carbocycles. The molecule has 0 aliphatic rings. The maximum absolute atomic E-state index is 8.80. The van der Waals surface area contributed by atoms with Crippen LogP contribution in [0.2, 0.25) is 0 Å². The van der Waals surface area contributed by atoms with E-state index in [-0.39, 0.29) is 0 Å². The van der Waals surface area contributed by atoms with E-state index in [0.29, 0.717) is 5.69 Å². The first-order valence-electron chi connectivity index (χ1n) is 3.67. The number of pyridine rings is 1. The van der Waals surface area contributed by atoms with Crippen molar-refractivity contribution in [1.82, 2.24) is 9.61 Å². The first-order chi connectivity index (χ1) is 5.83. The molecule has 0 fully saturated rings. The summed E-state index contributed by atoms with van der Waals surface area (Å²) >= 11 is 0. The highest BCUT2D eigenvalue weighted by Gasteiger charge is 2.05. The summed E-state index contributed by atoms with van der Waals surface area (Å²) in [7, 11) is 0. The summed E-state index contributed by atoms with van der Waals surface area (Å²) in [5.74, 6) is 0. The summed E-state index contributed by atoms with van der Waals surface area (Å²) in [6.07, 6.45) is 1.84. The lowest BCUT2D eigenvalue weighted by Crippen LogP contribution is -1.89. The first kappa shape index (κ1) is 7.12. The highest BCUT2D eigenvalue weighted by molar-refractivity contribution is 5.73. The molecule has 2 heterocycles. The van der Waals surface area contributed by atoms with Crippen LogP contribution in [0.1, 0.15) is 5.69 Å². The average Bonchev–Trinajstić information content (AvgIpc) is 2.40. The molecule has 0 amide bonds. The third-order valence-electron chi connectivity index (χ3n) is 1.83. The van der Waals surface area contributed by atoms with E-state index in [1.54, 1.807) is 4.52 Å². The van der Waals surface area contributed by atoms with Crippen LogP contribution in [-0.4, -0.2) is 14.8 Å². The Morgan fingerprint density at radius 2 is 2.33 bits per heavy atom. The van der Waals surface area contributed by atoms with E-state index >= 15 is 0 Å². The molecule has 0 bridgehead atoms. The number of nitrogens with zero attached hydrogens (tertiary/aromatic N) is 2. The predicted octanol–water partition coefficient (Wildman–Crippen LogP) is 1.44. The minimum absolute atomic E-state index is 0.663. The van der Waals surface area contributed by atoms with Gasteiger partial charge in [0.15, 0.2) is 0 Å². The van der Waals surface area contributed by atoms with Gasteiger partial charge in [-0.3, -0.25) is 10.7 Å². The molecule has 0 spiro atoms. The zero-order valence-corrected chi connectivity index (χ0v) is 6.65. The quantitative estimate of drug-likeness (QED) is 0.625. The second-order valence-corrected chi connectivity index (χ2v) is 2.60. The van der Waals surface area contributed by atoms with Crippen molar-refractivity contribution in [2.45, 2.75) is 6.92 Å². The molecule has 0 aliphatic carbocycles. The number of anilines is 1. The van der Waals surface area contributed by atoms with Crippen LogP contribution in [0.3, 0.4) is 0 Å². The van der Waals surface area contributed by atoms with E-state index in [1.807, 2.05) is 31.3 Å². The number of hydrogen-bond acceptors (Lipinski definition) is 3. The molecule has 2 N–H and O–H groups in total. The van der Waals surface area contributed by atoms with Crippen molar-refractivity contribution < 1.29 is 5.21 Å². The summed E-state index contributed by atoms with van der Waals surface area (Å²) < 4.78 is 1.72. The first-order valence-corrected chi connectivity index (χ1v) is 3.67. The van der Waals surface area contributed by atoms with E-state index < -0.39 is 0 Å². The zero-order chi connectivity index (χ0) is 8.55. The van der Waals surface area contributed by atoms with Crippen molar-refractivity contribution in [2.75, 3.05) is 5.48 Å². The van der Waals surface area contributed by atoms with Crippen LogP contribution in [0, 0.1) is 6.92 Å². The third-order valence-corrected chi connectivity index (χ3v) is 1.83. The number of nitrogens with one attached hydrogen (secondary N) is 1. The van der Waals surface area contributed by atoms with Gasteiger partial charge in [-0.15, -0.1) is 0 Å². The molecule has 12 heavy (non-hydrogen) atoms. The molecule has 2 aromatic heterocycles. The summed E-state index contributed by atoms with van der Waals surface area (Å²) in [5, 5.41) is 13.0. The Kier molecular flexibility index (Phi) is 1.48. The molecular weight excluding hydrogens is 154 g/mol. The summed E-state index contributed by atoms with van der Waals surface area (Å²) in [5.41, 5.74) is 4.45. The van der Waals surface area contributed by atoms with Crippen LogP contribution in [0.15, 0.2) is 24.4 Å². The molecule has 0 aliphatic heterocycles. The van der Waals surface area contributed by atoms with Gasteiger partial charge < -0.3 is 0 Å². The largest absolute Gasteiger partial charge is 0.291 e. The van der Waals surface area contributed by atoms with Gasteiger partial charge in [0.25, 0.3) is 0 Å². The highest BCUT2D eigenvalue weighted by atomic mass is 16.5. The van der Waals surface area contributed by atoms with Crippen molar-refractivity contribution in [2.24, 2.45) is 0 Å². The number of aromatic nitrogens is 2. The fourth-order valence-electron chi connectivity index (χ4n) is 1.25. The van der Waals surface area contributed by atoms with Gasteiger partial charge in [0.05, 0.1) is 11.2 Å². The van der Waals surface area contributed by atoms with Crippen molar-refractivity contribution >= 4 is 11.2 Å². The molecular formula is C8H9N3O. The number of hydrogen-bond donors (Lipinski definition) is 2. The molecule has 2 aromatic rings. The van der Waals surface area contributed by atoms with Crippen molar-refractivity contribution in [3.05, 3.63) is 30.1 Å². The molecule has 2 rings (SSSR count). The Morgan fingerprint density at radius 1 is 1.50 bits per heavy atom. The van der Waals surface area contributed by atoms with Gasteiger partial charge in [-0.1, -0.05) is 6.07 Å². The molecule has 4 heteroatoms. The van der Waals surface area contributed by atoms with Crippen LogP contribution in [0.25, 0.3) is 5.52 Å². The standard InChI is InChI=1S/C8H9N3O/c1-6-8(10-12)7-4-2-3-5-11(7)9-6/h2-5,10,12H,1H3. The monoisotopic (exact) mass is 163 g/mol. The molecule has 4 nitrogen and oxygen atoms in total. The molecule has 0 unspecified atom stereocenters. The van der Waals surface area contributed by atoms with Gasteiger partial charge in [-0.2, -0.15) is 5.10 Å².